The molecule has 0 unspecified atom stereocenters. The largest absolute Gasteiger partial charge is 0.392 e. The van der Waals surface area contributed by atoms with E-state index >= 15 is 0 Å². The Labute approximate surface area is 59.1 Å². The van der Waals surface area contributed by atoms with Gasteiger partial charge in [0.15, 0.2) is 0 Å². The van der Waals surface area contributed by atoms with E-state index in [9.17, 15) is 4.79 Å². The Hall–Kier alpha value is -1.15. The molecule has 0 saturated carbocycles. The van der Waals surface area contributed by atoms with Crippen LogP contribution in [0.4, 0.5) is 0 Å². The minimum absolute atomic E-state index is 0.106. The minimum atomic E-state index is -0.106. The van der Waals surface area contributed by atoms with E-state index in [-0.39, 0.29) is 6.61 Å². The minimum Gasteiger partial charge on any atom is -0.392 e. The highest BCUT2D eigenvalue weighted by Crippen LogP contribution is 2.04. The molecular weight excluding hydrogens is 128 g/mol. The predicted molar refractivity (Wildman–Crippen MR) is 37.2 cm³/mol. The van der Waals surface area contributed by atoms with E-state index in [0.717, 1.165) is 0 Å². The standard InChI is InChI=1S/C8H7O2/c9-5-7-3-1-2-4-8(7)6-10/h1-4,9H,5H2. The highest BCUT2D eigenvalue weighted by Gasteiger charge is 1.96. The van der Waals surface area contributed by atoms with Gasteiger partial charge in [0.05, 0.1) is 6.61 Å². The Morgan fingerprint density at radius 3 is 2.60 bits per heavy atom. The first kappa shape index (κ1) is 6.96. The highest BCUT2D eigenvalue weighted by molar-refractivity contribution is 5.77. The van der Waals surface area contributed by atoms with Crippen molar-refractivity contribution >= 4 is 6.29 Å². The fourth-order valence-corrected chi connectivity index (χ4v) is 0.758. The molecule has 0 saturated heterocycles. The lowest BCUT2D eigenvalue weighted by molar-refractivity contribution is 0.281. The van der Waals surface area contributed by atoms with Crippen molar-refractivity contribution in [2.75, 3.05) is 0 Å². The van der Waals surface area contributed by atoms with Crippen LogP contribution in [0.25, 0.3) is 0 Å². The average molecular weight is 135 g/mol. The number of hydrogen-bond acceptors (Lipinski definition) is 2. The molecule has 0 heterocycles. The molecular formula is C8H7O2. The summed E-state index contributed by atoms with van der Waals surface area (Å²) < 4.78 is 0. The Kier molecular flexibility index (Phi) is 2.18. The zero-order valence-corrected chi connectivity index (χ0v) is 5.37. The van der Waals surface area contributed by atoms with Crippen molar-refractivity contribution < 1.29 is 9.90 Å². The van der Waals surface area contributed by atoms with Crippen LogP contribution in [0, 0.1) is 0 Å². The average Bonchev–Trinajstić information content (AvgIpc) is 2.04. The van der Waals surface area contributed by atoms with Gasteiger partial charge in [0.1, 0.15) is 0 Å². The summed E-state index contributed by atoms with van der Waals surface area (Å²) in [6.07, 6.45) is 1.74. The SMILES string of the molecule is O=[C]c1ccccc1CO. The number of hydrogen-bond donors (Lipinski definition) is 1. The van der Waals surface area contributed by atoms with Gasteiger partial charge in [-0.05, 0) is 5.56 Å². The molecule has 2 heteroatoms. The first-order valence-corrected chi connectivity index (χ1v) is 2.95. The number of aliphatic hydroxyl groups excluding tert-OH is 1. The van der Waals surface area contributed by atoms with Gasteiger partial charge in [-0.2, -0.15) is 0 Å². The second-order valence-corrected chi connectivity index (χ2v) is 1.92. The Balaban J connectivity index is 3.08. The summed E-state index contributed by atoms with van der Waals surface area (Å²) in [4.78, 5) is 10.2. The topological polar surface area (TPSA) is 37.3 Å². The van der Waals surface area contributed by atoms with E-state index < -0.39 is 0 Å². The van der Waals surface area contributed by atoms with Crippen LogP contribution in [0.3, 0.4) is 0 Å². The second-order valence-electron chi connectivity index (χ2n) is 1.92. The first-order valence-electron chi connectivity index (χ1n) is 2.95. The van der Waals surface area contributed by atoms with Crippen molar-refractivity contribution in [2.24, 2.45) is 0 Å². The van der Waals surface area contributed by atoms with Crippen molar-refractivity contribution in [2.45, 2.75) is 6.61 Å². The van der Waals surface area contributed by atoms with Gasteiger partial charge < -0.3 is 5.11 Å². The maximum Gasteiger partial charge on any atom is 0.233 e. The van der Waals surface area contributed by atoms with Gasteiger partial charge in [-0.3, -0.25) is 4.79 Å². The van der Waals surface area contributed by atoms with Crippen molar-refractivity contribution in [3.05, 3.63) is 35.4 Å². The van der Waals surface area contributed by atoms with Crippen LogP contribution in [0.2, 0.25) is 0 Å². The first-order chi connectivity index (χ1) is 4.88. The van der Waals surface area contributed by atoms with E-state index in [1.807, 2.05) is 0 Å². The third-order valence-corrected chi connectivity index (χ3v) is 1.30. The Morgan fingerprint density at radius 1 is 1.40 bits per heavy atom. The van der Waals surface area contributed by atoms with Gasteiger partial charge in [-0.1, -0.05) is 24.3 Å². The van der Waals surface area contributed by atoms with E-state index in [1.54, 1.807) is 30.6 Å². The smallest absolute Gasteiger partial charge is 0.233 e. The fourth-order valence-electron chi connectivity index (χ4n) is 0.758. The van der Waals surface area contributed by atoms with Crippen molar-refractivity contribution in [3.8, 4) is 0 Å². The van der Waals surface area contributed by atoms with Gasteiger partial charge in [-0.15, -0.1) is 0 Å². The summed E-state index contributed by atoms with van der Waals surface area (Å²) in [6.45, 7) is -0.106. The van der Waals surface area contributed by atoms with Gasteiger partial charge in [-0.25, -0.2) is 0 Å². The van der Waals surface area contributed by atoms with Crippen LogP contribution in [0.1, 0.15) is 11.1 Å². The molecule has 0 aliphatic heterocycles. The quantitative estimate of drug-likeness (QED) is 0.646. The van der Waals surface area contributed by atoms with Gasteiger partial charge in [0.25, 0.3) is 0 Å². The van der Waals surface area contributed by atoms with Crippen LogP contribution in [0.5, 0.6) is 0 Å². The summed E-state index contributed by atoms with van der Waals surface area (Å²) in [5.74, 6) is 0. The second kappa shape index (κ2) is 3.13. The van der Waals surface area contributed by atoms with Crippen molar-refractivity contribution in [1.82, 2.24) is 0 Å². The number of aliphatic hydroxyl groups is 1. The van der Waals surface area contributed by atoms with Gasteiger partial charge >= 0.3 is 0 Å². The molecule has 0 amide bonds. The van der Waals surface area contributed by atoms with E-state index in [1.165, 1.54) is 0 Å². The number of carbonyl (C=O) groups excluding carboxylic acids is 1. The monoisotopic (exact) mass is 135 g/mol. The van der Waals surface area contributed by atoms with E-state index in [4.69, 9.17) is 5.11 Å². The summed E-state index contributed by atoms with van der Waals surface area (Å²) in [7, 11) is 0. The third kappa shape index (κ3) is 1.22. The molecule has 0 fully saturated rings. The molecule has 10 heavy (non-hydrogen) atoms. The zero-order valence-electron chi connectivity index (χ0n) is 5.37. The number of rotatable bonds is 2. The maximum atomic E-state index is 10.2. The lowest BCUT2D eigenvalue weighted by Gasteiger charge is -1.96. The van der Waals surface area contributed by atoms with Crippen molar-refractivity contribution in [3.63, 3.8) is 0 Å². The zero-order chi connectivity index (χ0) is 7.40. The summed E-state index contributed by atoms with van der Waals surface area (Å²) in [5, 5.41) is 8.67. The third-order valence-electron chi connectivity index (χ3n) is 1.30. The molecule has 0 aromatic heterocycles. The van der Waals surface area contributed by atoms with Crippen LogP contribution in [-0.4, -0.2) is 11.4 Å². The molecule has 1 aromatic rings. The summed E-state index contributed by atoms with van der Waals surface area (Å²) in [6, 6.07) is 6.82. The van der Waals surface area contributed by atoms with Crippen LogP contribution >= 0.6 is 0 Å². The van der Waals surface area contributed by atoms with E-state index in [0.29, 0.717) is 11.1 Å². The van der Waals surface area contributed by atoms with Crippen LogP contribution in [-0.2, 0) is 11.4 Å². The normalized spacial score (nSPS) is 9.30. The summed E-state index contributed by atoms with van der Waals surface area (Å²) >= 11 is 0. The van der Waals surface area contributed by atoms with E-state index in [2.05, 4.69) is 0 Å². The van der Waals surface area contributed by atoms with Gasteiger partial charge in [0, 0.05) is 5.56 Å². The maximum absolute atomic E-state index is 10.2. The molecule has 51 valence electrons. The Bertz CT molecular complexity index is 230. The predicted octanol–water partition coefficient (Wildman–Crippen LogP) is 0.637. The molecule has 1 radical (unpaired) electrons. The van der Waals surface area contributed by atoms with Crippen LogP contribution < -0.4 is 0 Å². The lowest BCUT2D eigenvalue weighted by Crippen LogP contribution is -1.90. The highest BCUT2D eigenvalue weighted by atomic mass is 16.3. The number of benzene rings is 1. The van der Waals surface area contributed by atoms with Gasteiger partial charge in [0.2, 0.25) is 6.29 Å². The molecule has 2 nitrogen and oxygen atoms in total. The molecule has 0 atom stereocenters. The van der Waals surface area contributed by atoms with Crippen LogP contribution in [0.15, 0.2) is 24.3 Å². The Morgan fingerprint density at radius 2 is 2.10 bits per heavy atom. The molecule has 1 aromatic carbocycles. The molecule has 1 N–H and O–H groups in total. The molecule has 0 aliphatic carbocycles. The fraction of sp³-hybridized carbons (Fsp3) is 0.125. The molecule has 1 rings (SSSR count). The molecule has 0 spiro atoms. The molecule has 0 bridgehead atoms. The molecule has 0 aliphatic rings. The lowest BCUT2D eigenvalue weighted by atomic mass is 10.1. The summed E-state index contributed by atoms with van der Waals surface area (Å²) in [5.41, 5.74) is 1.06. The van der Waals surface area contributed by atoms with Crippen molar-refractivity contribution in [1.29, 1.82) is 0 Å².